The summed E-state index contributed by atoms with van der Waals surface area (Å²) in [5.41, 5.74) is 5.69. The van der Waals surface area contributed by atoms with Gasteiger partial charge in [-0.15, -0.1) is 0 Å². The molecule has 6 rings (SSSR count). The molecule has 0 atom stereocenters. The molecule has 2 saturated heterocycles. The standard InChI is InChI=1S/C40H49N5O3/c1-40(2,3)48-39(47)42-27-30-14-12-13-29(25-30)26-41-38(46)36-33-17-8-9-18-35(33)43-37(31-15-6-4-7-16-31)34(36)28-44-23-19-32(20-24-44)45-21-10-5-11-22-45/h4,6-9,12-18,25,32H,5,10-11,19-24,26-28H2,1-3H3,(H,41,46)(H,42,47). The van der Waals surface area contributed by atoms with Crippen LogP contribution >= 0.6 is 0 Å². The average Bonchev–Trinajstić information content (AvgIpc) is 3.10. The zero-order valence-electron chi connectivity index (χ0n) is 28.6. The number of carbonyl (C=O) groups excluding carboxylic acids is 2. The SMILES string of the molecule is CC(C)(C)OC(=O)NCc1cccc(CNC(=O)c2c(CN3CCC(N4CCCCC4)CC3)c(-c3ccccc3)nc3ccccc23)c1. The number of fused-ring (bicyclic) bond motifs is 1. The lowest BCUT2D eigenvalue weighted by molar-refractivity contribution is 0.0523. The maximum absolute atomic E-state index is 14.3. The predicted molar refractivity (Wildman–Crippen MR) is 192 cm³/mol. The molecule has 0 aliphatic carbocycles. The highest BCUT2D eigenvalue weighted by atomic mass is 16.6. The third-order valence-electron chi connectivity index (χ3n) is 9.39. The molecule has 2 fully saturated rings. The van der Waals surface area contributed by atoms with Gasteiger partial charge in [0.15, 0.2) is 0 Å². The second-order valence-electron chi connectivity index (χ2n) is 14.2. The van der Waals surface area contributed by atoms with Gasteiger partial charge in [-0.25, -0.2) is 9.78 Å². The van der Waals surface area contributed by atoms with Gasteiger partial charge in [0.2, 0.25) is 0 Å². The Balaban J connectivity index is 1.24. The van der Waals surface area contributed by atoms with Crippen molar-refractivity contribution < 1.29 is 14.3 Å². The van der Waals surface area contributed by atoms with E-state index in [4.69, 9.17) is 9.72 Å². The summed E-state index contributed by atoms with van der Waals surface area (Å²) in [6, 6.07) is 26.8. The average molecular weight is 648 g/mol. The Morgan fingerprint density at radius 3 is 2.19 bits per heavy atom. The van der Waals surface area contributed by atoms with Crippen LogP contribution in [-0.2, 0) is 24.4 Å². The van der Waals surface area contributed by atoms with Crippen LogP contribution in [0.1, 0.15) is 79.9 Å². The minimum absolute atomic E-state index is 0.110. The summed E-state index contributed by atoms with van der Waals surface area (Å²) < 4.78 is 5.38. The summed E-state index contributed by atoms with van der Waals surface area (Å²) in [5.74, 6) is -0.110. The van der Waals surface area contributed by atoms with Crippen LogP contribution in [0.2, 0.25) is 0 Å². The van der Waals surface area contributed by atoms with Crippen LogP contribution in [0.25, 0.3) is 22.2 Å². The van der Waals surface area contributed by atoms with Gasteiger partial charge in [0.1, 0.15) is 5.60 Å². The summed E-state index contributed by atoms with van der Waals surface area (Å²) >= 11 is 0. The van der Waals surface area contributed by atoms with Crippen LogP contribution < -0.4 is 10.6 Å². The molecule has 0 radical (unpaired) electrons. The molecule has 8 nitrogen and oxygen atoms in total. The summed E-state index contributed by atoms with van der Waals surface area (Å²) in [6.07, 6.45) is 5.84. The van der Waals surface area contributed by atoms with E-state index in [0.29, 0.717) is 31.2 Å². The monoisotopic (exact) mass is 647 g/mol. The molecule has 48 heavy (non-hydrogen) atoms. The molecule has 0 spiro atoms. The number of rotatable bonds is 9. The number of hydrogen-bond donors (Lipinski definition) is 2. The Morgan fingerprint density at radius 1 is 0.812 bits per heavy atom. The van der Waals surface area contributed by atoms with Crippen molar-refractivity contribution in [1.29, 1.82) is 0 Å². The van der Waals surface area contributed by atoms with Crippen molar-refractivity contribution in [2.45, 2.75) is 84.2 Å². The number of aromatic nitrogens is 1. The van der Waals surface area contributed by atoms with Crippen LogP contribution in [0.15, 0.2) is 78.9 Å². The van der Waals surface area contributed by atoms with Crippen molar-refractivity contribution in [2.24, 2.45) is 0 Å². The van der Waals surface area contributed by atoms with Crippen molar-refractivity contribution in [3.8, 4) is 11.3 Å². The minimum Gasteiger partial charge on any atom is -0.444 e. The molecule has 252 valence electrons. The first-order chi connectivity index (χ1) is 23.2. The minimum atomic E-state index is -0.559. The first-order valence-corrected chi connectivity index (χ1v) is 17.5. The van der Waals surface area contributed by atoms with Crippen LogP contribution in [0.4, 0.5) is 4.79 Å². The van der Waals surface area contributed by atoms with Crippen molar-refractivity contribution in [3.05, 3.63) is 101 Å². The van der Waals surface area contributed by atoms with Crippen LogP contribution in [0, 0.1) is 0 Å². The highest BCUT2D eigenvalue weighted by Gasteiger charge is 2.28. The molecule has 3 aromatic carbocycles. The number of para-hydroxylation sites is 1. The normalized spacial score (nSPS) is 16.5. The van der Waals surface area contributed by atoms with Gasteiger partial charge in [-0.05, 0) is 89.8 Å². The van der Waals surface area contributed by atoms with Gasteiger partial charge in [0.05, 0.1) is 16.8 Å². The van der Waals surface area contributed by atoms with E-state index in [1.54, 1.807) is 0 Å². The highest BCUT2D eigenvalue weighted by molar-refractivity contribution is 6.09. The Bertz CT molecular complexity index is 1700. The first-order valence-electron chi connectivity index (χ1n) is 17.5. The Kier molecular flexibility index (Phi) is 10.7. The smallest absolute Gasteiger partial charge is 0.407 e. The lowest BCUT2D eigenvalue weighted by Gasteiger charge is -2.40. The number of nitrogens with zero attached hydrogens (tertiary/aromatic N) is 3. The second kappa shape index (κ2) is 15.3. The number of amides is 2. The number of ether oxygens (including phenoxy) is 1. The van der Waals surface area contributed by atoms with Crippen LogP contribution in [0.5, 0.6) is 0 Å². The molecule has 4 aromatic rings. The molecule has 2 aliphatic rings. The molecule has 2 aliphatic heterocycles. The number of pyridine rings is 1. The van der Waals surface area contributed by atoms with Crippen molar-refractivity contribution in [3.63, 3.8) is 0 Å². The third-order valence-corrected chi connectivity index (χ3v) is 9.39. The zero-order chi connectivity index (χ0) is 33.5. The fourth-order valence-electron chi connectivity index (χ4n) is 7.06. The molecule has 2 N–H and O–H groups in total. The Morgan fingerprint density at radius 2 is 1.48 bits per heavy atom. The number of benzene rings is 3. The molecule has 1 aromatic heterocycles. The second-order valence-corrected chi connectivity index (χ2v) is 14.2. The quantitative estimate of drug-likeness (QED) is 0.198. The van der Waals surface area contributed by atoms with Gasteiger partial charge in [0, 0.05) is 42.2 Å². The van der Waals surface area contributed by atoms with E-state index in [2.05, 4.69) is 32.6 Å². The third kappa shape index (κ3) is 8.60. The summed E-state index contributed by atoms with van der Waals surface area (Å²) in [6.45, 7) is 11.4. The fourth-order valence-corrected chi connectivity index (χ4v) is 7.06. The molecular formula is C40H49N5O3. The fraction of sp³-hybridized carbons (Fsp3) is 0.425. The van der Waals surface area contributed by atoms with E-state index in [1.807, 2.05) is 87.5 Å². The summed E-state index contributed by atoms with van der Waals surface area (Å²) in [5, 5.41) is 6.92. The van der Waals surface area contributed by atoms with Gasteiger partial charge in [-0.3, -0.25) is 9.69 Å². The predicted octanol–water partition coefficient (Wildman–Crippen LogP) is 7.31. The van der Waals surface area contributed by atoms with Gasteiger partial charge in [0.25, 0.3) is 5.91 Å². The van der Waals surface area contributed by atoms with Gasteiger partial charge < -0.3 is 20.3 Å². The van der Waals surface area contributed by atoms with Crippen molar-refractivity contribution >= 4 is 22.9 Å². The van der Waals surface area contributed by atoms with Crippen LogP contribution in [0.3, 0.4) is 0 Å². The molecule has 0 bridgehead atoms. The maximum Gasteiger partial charge on any atom is 0.407 e. The number of piperidine rings is 2. The van der Waals surface area contributed by atoms with E-state index in [-0.39, 0.29) is 5.91 Å². The molecule has 8 heteroatoms. The van der Waals surface area contributed by atoms with Crippen molar-refractivity contribution in [2.75, 3.05) is 26.2 Å². The Labute approximate surface area is 284 Å². The molecule has 3 heterocycles. The number of likely N-dealkylation sites (tertiary alicyclic amines) is 2. The Hall–Kier alpha value is -4.27. The number of carbonyl (C=O) groups is 2. The number of hydrogen-bond acceptors (Lipinski definition) is 6. The zero-order valence-corrected chi connectivity index (χ0v) is 28.6. The molecule has 0 unspecified atom stereocenters. The lowest BCUT2D eigenvalue weighted by atomic mass is 9.94. The van der Waals surface area contributed by atoms with Crippen LogP contribution in [-0.4, -0.2) is 64.6 Å². The number of nitrogens with one attached hydrogen (secondary N) is 2. The van der Waals surface area contributed by atoms with E-state index in [1.165, 1.54) is 32.4 Å². The lowest BCUT2D eigenvalue weighted by Crippen LogP contribution is -2.46. The summed E-state index contributed by atoms with van der Waals surface area (Å²) in [7, 11) is 0. The van der Waals surface area contributed by atoms with E-state index in [0.717, 1.165) is 64.8 Å². The molecule has 2 amide bonds. The van der Waals surface area contributed by atoms with E-state index < -0.39 is 11.7 Å². The topological polar surface area (TPSA) is 86.8 Å². The molecular weight excluding hydrogens is 598 g/mol. The highest BCUT2D eigenvalue weighted by Crippen LogP contribution is 2.33. The largest absolute Gasteiger partial charge is 0.444 e. The summed E-state index contributed by atoms with van der Waals surface area (Å²) in [4.78, 5) is 36.9. The first kappa shape index (κ1) is 33.6. The van der Waals surface area contributed by atoms with E-state index >= 15 is 0 Å². The molecule has 0 saturated carbocycles. The van der Waals surface area contributed by atoms with E-state index in [9.17, 15) is 9.59 Å². The maximum atomic E-state index is 14.3. The number of alkyl carbamates (subject to hydrolysis) is 1. The van der Waals surface area contributed by atoms with Gasteiger partial charge >= 0.3 is 6.09 Å². The van der Waals surface area contributed by atoms with Crippen molar-refractivity contribution in [1.82, 2.24) is 25.4 Å². The van der Waals surface area contributed by atoms with Gasteiger partial charge in [-0.1, -0.05) is 79.2 Å². The van der Waals surface area contributed by atoms with Gasteiger partial charge in [-0.2, -0.15) is 0 Å².